The molecule has 8 heteroatoms. The van der Waals surface area contributed by atoms with Gasteiger partial charge in [-0.15, -0.1) is 12.4 Å². The van der Waals surface area contributed by atoms with Gasteiger partial charge < -0.3 is 15.8 Å². The summed E-state index contributed by atoms with van der Waals surface area (Å²) in [5.41, 5.74) is 4.13. The quantitative estimate of drug-likeness (QED) is 0.790. The van der Waals surface area contributed by atoms with Crippen molar-refractivity contribution in [3.05, 3.63) is 42.0 Å². The third-order valence-corrected chi connectivity index (χ3v) is 2.34. The number of rotatable bonds is 6. The van der Waals surface area contributed by atoms with Crippen LogP contribution >= 0.6 is 12.4 Å². The largest absolute Gasteiger partial charge is 0.489 e. The summed E-state index contributed by atoms with van der Waals surface area (Å²) in [6, 6.07) is 2.73. The van der Waals surface area contributed by atoms with Crippen LogP contribution in [0.4, 0.5) is 13.2 Å². The van der Waals surface area contributed by atoms with Crippen LogP contribution in [-0.2, 0) is 6.18 Å². The van der Waals surface area contributed by atoms with Gasteiger partial charge in [0.05, 0.1) is 11.1 Å². The number of benzene rings is 1. The standard InChI is InChI=1S/C13H15F3N2O2.ClH/c1-2-7-20-11-4-3-9(13(14,15)16)8-10(11)12(19)18-6-5-17;/h2-4,8H,1,5-7,17H2,(H,18,19);1H. The lowest BCUT2D eigenvalue weighted by Crippen LogP contribution is -2.29. The summed E-state index contributed by atoms with van der Waals surface area (Å²) < 4.78 is 43.2. The molecule has 4 nitrogen and oxygen atoms in total. The summed E-state index contributed by atoms with van der Waals surface area (Å²) in [5.74, 6) is -0.604. The lowest BCUT2D eigenvalue weighted by atomic mass is 10.1. The van der Waals surface area contributed by atoms with Gasteiger partial charge in [-0.2, -0.15) is 13.2 Å². The van der Waals surface area contributed by atoms with Gasteiger partial charge in [0, 0.05) is 13.1 Å². The molecule has 0 spiro atoms. The van der Waals surface area contributed by atoms with Crippen LogP contribution in [0.1, 0.15) is 15.9 Å². The molecule has 0 atom stereocenters. The van der Waals surface area contributed by atoms with E-state index in [9.17, 15) is 18.0 Å². The molecule has 3 N–H and O–H groups in total. The molecule has 0 aromatic heterocycles. The molecule has 0 fully saturated rings. The minimum Gasteiger partial charge on any atom is -0.489 e. The summed E-state index contributed by atoms with van der Waals surface area (Å²) in [6.45, 7) is 3.87. The fourth-order valence-electron chi connectivity index (χ4n) is 1.44. The van der Waals surface area contributed by atoms with Gasteiger partial charge >= 0.3 is 6.18 Å². The van der Waals surface area contributed by atoms with Crippen molar-refractivity contribution in [2.24, 2.45) is 5.73 Å². The predicted molar refractivity (Wildman–Crippen MR) is 75.8 cm³/mol. The molecule has 0 aliphatic carbocycles. The Balaban J connectivity index is 0.00000400. The average Bonchev–Trinajstić information content (AvgIpc) is 2.41. The Hall–Kier alpha value is -1.73. The van der Waals surface area contributed by atoms with Crippen molar-refractivity contribution < 1.29 is 22.7 Å². The minimum atomic E-state index is -4.53. The lowest BCUT2D eigenvalue weighted by Gasteiger charge is -2.13. The zero-order valence-electron chi connectivity index (χ0n) is 11.1. The van der Waals surface area contributed by atoms with Crippen molar-refractivity contribution in [2.45, 2.75) is 6.18 Å². The number of hydrogen-bond donors (Lipinski definition) is 2. The van der Waals surface area contributed by atoms with E-state index in [0.717, 1.165) is 18.2 Å². The number of nitrogens with one attached hydrogen (secondary N) is 1. The predicted octanol–water partition coefficient (Wildman–Crippen LogP) is 2.38. The van der Waals surface area contributed by atoms with Gasteiger partial charge in [-0.3, -0.25) is 4.79 Å². The number of carbonyl (C=O) groups is 1. The molecule has 0 unspecified atom stereocenters. The smallest absolute Gasteiger partial charge is 0.416 e. The highest BCUT2D eigenvalue weighted by molar-refractivity contribution is 5.97. The number of alkyl halides is 3. The highest BCUT2D eigenvalue weighted by Crippen LogP contribution is 2.32. The Kier molecular flexibility index (Phi) is 7.83. The molecule has 0 saturated carbocycles. The van der Waals surface area contributed by atoms with Crippen LogP contribution in [0, 0.1) is 0 Å². The molecule has 0 aliphatic rings. The number of nitrogens with two attached hydrogens (primary N) is 1. The van der Waals surface area contributed by atoms with E-state index in [1.807, 2.05) is 0 Å². The van der Waals surface area contributed by atoms with Gasteiger partial charge in [0.1, 0.15) is 12.4 Å². The highest BCUT2D eigenvalue weighted by Gasteiger charge is 2.32. The molecule has 1 aromatic carbocycles. The van der Waals surface area contributed by atoms with Crippen LogP contribution in [0.5, 0.6) is 5.75 Å². The molecule has 1 rings (SSSR count). The normalized spacial score (nSPS) is 10.5. The van der Waals surface area contributed by atoms with Crippen LogP contribution in [0.3, 0.4) is 0 Å². The molecule has 0 saturated heterocycles. The topological polar surface area (TPSA) is 64.3 Å². The van der Waals surface area contributed by atoms with E-state index in [0.29, 0.717) is 0 Å². The number of carbonyl (C=O) groups excluding carboxylic acids is 1. The van der Waals surface area contributed by atoms with E-state index in [2.05, 4.69) is 11.9 Å². The van der Waals surface area contributed by atoms with Gasteiger partial charge in [-0.25, -0.2) is 0 Å². The number of halogens is 4. The van der Waals surface area contributed by atoms with Crippen LogP contribution < -0.4 is 15.8 Å². The Morgan fingerprint density at radius 2 is 2.10 bits per heavy atom. The number of hydrogen-bond acceptors (Lipinski definition) is 3. The van der Waals surface area contributed by atoms with Crippen molar-refractivity contribution >= 4 is 18.3 Å². The third kappa shape index (κ3) is 5.65. The maximum atomic E-state index is 12.7. The maximum absolute atomic E-state index is 12.7. The Labute approximate surface area is 126 Å². The first-order valence-corrected chi connectivity index (χ1v) is 5.83. The van der Waals surface area contributed by atoms with Crippen molar-refractivity contribution in [1.29, 1.82) is 0 Å². The van der Waals surface area contributed by atoms with Gasteiger partial charge in [-0.05, 0) is 18.2 Å². The Bertz CT molecular complexity index is 493. The molecule has 118 valence electrons. The molecule has 21 heavy (non-hydrogen) atoms. The average molecular weight is 325 g/mol. The second kappa shape index (κ2) is 8.53. The molecular weight excluding hydrogens is 309 g/mol. The second-order valence-electron chi connectivity index (χ2n) is 3.85. The van der Waals surface area contributed by atoms with E-state index in [1.54, 1.807) is 0 Å². The first kappa shape index (κ1) is 19.3. The van der Waals surface area contributed by atoms with E-state index in [1.165, 1.54) is 6.08 Å². The van der Waals surface area contributed by atoms with E-state index < -0.39 is 17.6 Å². The Morgan fingerprint density at radius 1 is 1.43 bits per heavy atom. The van der Waals surface area contributed by atoms with Crippen LogP contribution in [0.25, 0.3) is 0 Å². The first-order valence-electron chi connectivity index (χ1n) is 5.83. The van der Waals surface area contributed by atoms with Crippen LogP contribution in [0.15, 0.2) is 30.9 Å². The molecule has 1 aromatic rings. The molecular formula is C13H16ClF3N2O2. The number of ether oxygens (including phenoxy) is 1. The summed E-state index contributed by atoms with van der Waals surface area (Å²) >= 11 is 0. The van der Waals surface area contributed by atoms with Gasteiger partial charge in [-0.1, -0.05) is 12.7 Å². The SMILES string of the molecule is C=CCOc1ccc(C(F)(F)F)cc1C(=O)NCCN.Cl. The maximum Gasteiger partial charge on any atom is 0.416 e. The van der Waals surface area contributed by atoms with Crippen molar-refractivity contribution in [1.82, 2.24) is 5.32 Å². The van der Waals surface area contributed by atoms with Gasteiger partial charge in [0.25, 0.3) is 5.91 Å². The van der Waals surface area contributed by atoms with Gasteiger partial charge in [0.15, 0.2) is 0 Å². The summed E-state index contributed by atoms with van der Waals surface area (Å²) in [4.78, 5) is 11.8. The zero-order valence-corrected chi connectivity index (χ0v) is 11.9. The van der Waals surface area contributed by atoms with E-state index >= 15 is 0 Å². The van der Waals surface area contributed by atoms with Crippen molar-refractivity contribution in [2.75, 3.05) is 19.7 Å². The van der Waals surface area contributed by atoms with Gasteiger partial charge in [0.2, 0.25) is 0 Å². The molecule has 1 amide bonds. The first-order chi connectivity index (χ1) is 9.40. The molecule has 0 heterocycles. The highest BCUT2D eigenvalue weighted by atomic mass is 35.5. The summed E-state index contributed by atoms with van der Waals surface area (Å²) in [6.07, 6.45) is -3.10. The second-order valence-corrected chi connectivity index (χ2v) is 3.85. The fraction of sp³-hybridized carbons (Fsp3) is 0.308. The van der Waals surface area contributed by atoms with Crippen LogP contribution in [0.2, 0.25) is 0 Å². The monoisotopic (exact) mass is 324 g/mol. The van der Waals surface area contributed by atoms with Crippen molar-refractivity contribution in [3.63, 3.8) is 0 Å². The lowest BCUT2D eigenvalue weighted by molar-refractivity contribution is -0.137. The Morgan fingerprint density at radius 3 is 2.62 bits per heavy atom. The zero-order chi connectivity index (χ0) is 15.2. The summed E-state index contributed by atoms with van der Waals surface area (Å²) in [7, 11) is 0. The fourth-order valence-corrected chi connectivity index (χ4v) is 1.44. The van der Waals surface area contributed by atoms with Crippen molar-refractivity contribution in [3.8, 4) is 5.75 Å². The summed E-state index contributed by atoms with van der Waals surface area (Å²) in [5, 5.41) is 2.41. The molecule has 0 aliphatic heterocycles. The van der Waals surface area contributed by atoms with Crippen LogP contribution in [-0.4, -0.2) is 25.6 Å². The van der Waals surface area contributed by atoms with E-state index in [4.69, 9.17) is 10.5 Å². The molecule has 0 bridgehead atoms. The third-order valence-electron chi connectivity index (χ3n) is 2.34. The molecule has 0 radical (unpaired) electrons. The minimum absolute atomic E-state index is 0. The number of amides is 1. The van der Waals surface area contributed by atoms with E-state index in [-0.39, 0.29) is 43.4 Å².